The van der Waals surface area contributed by atoms with Gasteiger partial charge in [-0.05, 0) is 35.9 Å². The normalized spacial score (nSPS) is 10.9. The lowest BCUT2D eigenvalue weighted by atomic mass is 10.2. The third kappa shape index (κ3) is 3.12. The fourth-order valence-electron chi connectivity index (χ4n) is 2.63. The number of anilines is 1. The molecule has 1 aromatic carbocycles. The summed E-state index contributed by atoms with van der Waals surface area (Å²) >= 11 is 6.29. The van der Waals surface area contributed by atoms with Gasteiger partial charge < -0.3 is 5.32 Å². The summed E-state index contributed by atoms with van der Waals surface area (Å²) in [6, 6.07) is 15.0. The third-order valence-corrected chi connectivity index (χ3v) is 4.16. The van der Waals surface area contributed by atoms with Crippen molar-refractivity contribution in [1.29, 1.82) is 0 Å². The van der Waals surface area contributed by atoms with Crippen LogP contribution in [-0.4, -0.2) is 25.3 Å². The number of amides is 1. The van der Waals surface area contributed by atoms with Crippen LogP contribution in [0.5, 0.6) is 0 Å². The average Bonchev–Trinajstić information content (AvgIpc) is 3.24. The zero-order valence-electron chi connectivity index (χ0n) is 13.1. The van der Waals surface area contributed by atoms with Crippen molar-refractivity contribution in [1.82, 2.24) is 19.4 Å². The Morgan fingerprint density at radius 1 is 1.12 bits per heavy atom. The van der Waals surface area contributed by atoms with E-state index >= 15 is 0 Å². The molecule has 3 aromatic heterocycles. The van der Waals surface area contributed by atoms with Crippen molar-refractivity contribution < 1.29 is 4.79 Å². The Kier molecular flexibility index (Phi) is 3.95. The van der Waals surface area contributed by atoms with Gasteiger partial charge in [-0.15, -0.1) is 0 Å². The number of nitrogens with zero attached hydrogens (tertiary/aromatic N) is 4. The number of hydrogen-bond donors (Lipinski definition) is 1. The quantitative estimate of drug-likeness (QED) is 0.612. The maximum atomic E-state index is 12.5. The van der Waals surface area contributed by atoms with Crippen LogP contribution in [0.2, 0.25) is 5.02 Å². The Bertz CT molecular complexity index is 1040. The van der Waals surface area contributed by atoms with E-state index in [1.807, 2.05) is 59.4 Å². The molecule has 0 atom stereocenters. The van der Waals surface area contributed by atoms with Crippen LogP contribution in [0.25, 0.3) is 5.52 Å². The van der Waals surface area contributed by atoms with Gasteiger partial charge in [0.05, 0.1) is 17.1 Å². The SMILES string of the molecule is O=C(Nc1cccc(Cn2cccn2)c1)c1nn2ccccc2c1Cl. The lowest BCUT2D eigenvalue weighted by Gasteiger charge is -2.07. The predicted molar refractivity (Wildman–Crippen MR) is 95.9 cm³/mol. The van der Waals surface area contributed by atoms with Crippen LogP contribution in [0.4, 0.5) is 5.69 Å². The summed E-state index contributed by atoms with van der Waals surface area (Å²) in [5, 5.41) is 11.6. The Hall–Kier alpha value is -3.12. The van der Waals surface area contributed by atoms with E-state index in [1.165, 1.54) is 0 Å². The van der Waals surface area contributed by atoms with Crippen LogP contribution in [0.3, 0.4) is 0 Å². The molecular formula is C18H14ClN5O. The number of fused-ring (bicyclic) bond motifs is 1. The topological polar surface area (TPSA) is 64.2 Å². The van der Waals surface area contributed by atoms with Crippen LogP contribution in [0.1, 0.15) is 16.1 Å². The molecule has 6 nitrogen and oxygen atoms in total. The maximum absolute atomic E-state index is 12.5. The van der Waals surface area contributed by atoms with Crippen molar-refractivity contribution in [3.63, 3.8) is 0 Å². The molecule has 0 aliphatic rings. The molecule has 0 radical (unpaired) electrons. The molecule has 1 amide bonds. The summed E-state index contributed by atoms with van der Waals surface area (Å²) in [7, 11) is 0. The molecule has 7 heteroatoms. The molecule has 0 saturated carbocycles. The highest BCUT2D eigenvalue weighted by Crippen LogP contribution is 2.22. The van der Waals surface area contributed by atoms with Crippen LogP contribution in [0.15, 0.2) is 67.1 Å². The van der Waals surface area contributed by atoms with Gasteiger partial charge >= 0.3 is 0 Å². The van der Waals surface area contributed by atoms with Crippen LogP contribution in [0, 0.1) is 0 Å². The number of rotatable bonds is 4. The fraction of sp³-hybridized carbons (Fsp3) is 0.0556. The minimum absolute atomic E-state index is 0.199. The molecule has 3 heterocycles. The summed E-state index contributed by atoms with van der Waals surface area (Å²) in [5.74, 6) is -0.343. The highest BCUT2D eigenvalue weighted by molar-refractivity contribution is 6.37. The van der Waals surface area contributed by atoms with E-state index in [1.54, 1.807) is 16.9 Å². The molecule has 1 N–H and O–H groups in total. The number of carbonyl (C=O) groups is 1. The van der Waals surface area contributed by atoms with E-state index in [2.05, 4.69) is 15.5 Å². The summed E-state index contributed by atoms with van der Waals surface area (Å²) in [6.07, 6.45) is 5.38. The van der Waals surface area contributed by atoms with Gasteiger partial charge in [0.1, 0.15) is 0 Å². The minimum Gasteiger partial charge on any atom is -0.321 e. The van der Waals surface area contributed by atoms with Gasteiger partial charge in [0, 0.05) is 24.3 Å². The first-order valence-corrected chi connectivity index (χ1v) is 8.09. The van der Waals surface area contributed by atoms with Crippen molar-refractivity contribution >= 4 is 28.7 Å². The zero-order chi connectivity index (χ0) is 17.2. The average molecular weight is 352 g/mol. The van der Waals surface area contributed by atoms with Crippen molar-refractivity contribution in [2.45, 2.75) is 6.54 Å². The van der Waals surface area contributed by atoms with Crippen molar-refractivity contribution in [2.75, 3.05) is 5.32 Å². The fourth-order valence-corrected chi connectivity index (χ4v) is 2.91. The Labute approximate surface area is 148 Å². The monoisotopic (exact) mass is 351 g/mol. The Morgan fingerprint density at radius 2 is 2.04 bits per heavy atom. The highest BCUT2D eigenvalue weighted by Gasteiger charge is 2.17. The van der Waals surface area contributed by atoms with E-state index in [0.29, 0.717) is 22.8 Å². The molecule has 0 bridgehead atoms. The standard InChI is InChI=1S/C18H14ClN5O/c19-16-15-7-1-2-10-24(15)22-17(16)18(25)21-14-6-3-5-13(11-14)12-23-9-4-8-20-23/h1-11H,12H2,(H,21,25). The van der Waals surface area contributed by atoms with E-state index in [4.69, 9.17) is 11.6 Å². The number of nitrogens with one attached hydrogen (secondary N) is 1. The van der Waals surface area contributed by atoms with Crippen molar-refractivity contribution in [3.05, 3.63) is 83.4 Å². The molecule has 0 saturated heterocycles. The second-order valence-electron chi connectivity index (χ2n) is 5.55. The number of carbonyl (C=O) groups excluding carboxylic acids is 1. The van der Waals surface area contributed by atoms with Gasteiger partial charge in [0.15, 0.2) is 5.69 Å². The number of pyridine rings is 1. The third-order valence-electron chi connectivity index (χ3n) is 3.78. The van der Waals surface area contributed by atoms with Crippen LogP contribution < -0.4 is 5.32 Å². The first-order chi connectivity index (χ1) is 12.2. The molecule has 4 rings (SSSR count). The molecule has 0 aliphatic carbocycles. The molecule has 0 fully saturated rings. The maximum Gasteiger partial charge on any atom is 0.277 e. The molecule has 124 valence electrons. The van der Waals surface area contributed by atoms with Crippen LogP contribution >= 0.6 is 11.6 Å². The number of benzene rings is 1. The number of aromatic nitrogens is 4. The molecule has 0 spiro atoms. The van der Waals surface area contributed by atoms with Gasteiger partial charge in [-0.3, -0.25) is 9.48 Å². The molecule has 4 aromatic rings. The molecular weight excluding hydrogens is 338 g/mol. The minimum atomic E-state index is -0.343. The van der Waals surface area contributed by atoms with Gasteiger partial charge in [-0.2, -0.15) is 10.2 Å². The number of hydrogen-bond acceptors (Lipinski definition) is 3. The van der Waals surface area contributed by atoms with E-state index in [0.717, 1.165) is 5.56 Å². The summed E-state index contributed by atoms with van der Waals surface area (Å²) in [4.78, 5) is 12.5. The van der Waals surface area contributed by atoms with E-state index < -0.39 is 0 Å². The smallest absolute Gasteiger partial charge is 0.277 e. The van der Waals surface area contributed by atoms with Gasteiger partial charge in [-0.25, -0.2) is 4.52 Å². The zero-order valence-corrected chi connectivity index (χ0v) is 13.9. The highest BCUT2D eigenvalue weighted by atomic mass is 35.5. The van der Waals surface area contributed by atoms with Crippen molar-refractivity contribution in [2.24, 2.45) is 0 Å². The summed E-state index contributed by atoms with van der Waals surface area (Å²) in [6.45, 7) is 0.631. The van der Waals surface area contributed by atoms with Gasteiger partial charge in [0.25, 0.3) is 5.91 Å². The first kappa shape index (κ1) is 15.4. The largest absolute Gasteiger partial charge is 0.321 e. The molecule has 25 heavy (non-hydrogen) atoms. The Morgan fingerprint density at radius 3 is 2.84 bits per heavy atom. The number of halogens is 1. The van der Waals surface area contributed by atoms with Gasteiger partial charge in [-0.1, -0.05) is 29.8 Å². The van der Waals surface area contributed by atoms with E-state index in [9.17, 15) is 4.79 Å². The molecule has 0 unspecified atom stereocenters. The first-order valence-electron chi connectivity index (χ1n) is 7.71. The summed E-state index contributed by atoms with van der Waals surface area (Å²) in [5.41, 5.74) is 2.61. The predicted octanol–water partition coefficient (Wildman–Crippen LogP) is 3.48. The van der Waals surface area contributed by atoms with Crippen molar-refractivity contribution in [3.8, 4) is 0 Å². The summed E-state index contributed by atoms with van der Waals surface area (Å²) < 4.78 is 3.41. The second kappa shape index (κ2) is 6.41. The van der Waals surface area contributed by atoms with Gasteiger partial charge in [0.2, 0.25) is 0 Å². The molecule has 0 aliphatic heterocycles. The lowest BCUT2D eigenvalue weighted by molar-refractivity contribution is 0.102. The Balaban J connectivity index is 1.57. The van der Waals surface area contributed by atoms with Crippen LogP contribution in [-0.2, 0) is 6.54 Å². The second-order valence-corrected chi connectivity index (χ2v) is 5.93. The van der Waals surface area contributed by atoms with E-state index in [-0.39, 0.29) is 11.6 Å². The lowest BCUT2D eigenvalue weighted by Crippen LogP contribution is -2.13.